The molecule has 0 radical (unpaired) electrons. The quantitative estimate of drug-likeness (QED) is 0.537. The monoisotopic (exact) mass is 374 g/mol. The van der Waals surface area contributed by atoms with Gasteiger partial charge in [-0.15, -0.1) is 11.8 Å². The predicted octanol–water partition coefficient (Wildman–Crippen LogP) is 4.22. The summed E-state index contributed by atoms with van der Waals surface area (Å²) in [6.45, 7) is 0. The molecule has 134 valence electrons. The van der Waals surface area contributed by atoms with Crippen LogP contribution < -0.4 is 10.1 Å². The fourth-order valence-corrected chi connectivity index (χ4v) is 3.03. The van der Waals surface area contributed by atoms with Crippen LogP contribution in [0.25, 0.3) is 0 Å². The van der Waals surface area contributed by atoms with E-state index in [2.05, 4.69) is 22.1 Å². The second kappa shape index (κ2) is 9.46. The second-order valence-electron chi connectivity index (χ2n) is 5.56. The van der Waals surface area contributed by atoms with E-state index in [0.717, 1.165) is 21.9 Å². The lowest BCUT2D eigenvalue weighted by atomic mass is 10.2. The molecule has 0 aliphatic heterocycles. The molecule has 0 saturated carbocycles. The first-order valence-corrected chi connectivity index (χ1v) is 9.31. The molecule has 0 aliphatic rings. The standard InChI is InChI=1S/C22H18N2O2S/c1-26-20-9-5-10-21(15-20)27-16-22(25)24-19-8-4-6-17(14-19)11-12-18-7-2-3-13-23-18/h2-10,13-15H,16H2,1H3,(H,24,25). The number of carbonyl (C=O) groups excluding carboxylic acids is 1. The van der Waals surface area contributed by atoms with Gasteiger partial charge in [0.15, 0.2) is 0 Å². The molecule has 1 heterocycles. The van der Waals surface area contributed by atoms with Crippen molar-refractivity contribution in [3.05, 3.63) is 84.2 Å². The smallest absolute Gasteiger partial charge is 0.234 e. The van der Waals surface area contributed by atoms with Crippen LogP contribution >= 0.6 is 11.8 Å². The number of thioether (sulfide) groups is 1. The summed E-state index contributed by atoms with van der Waals surface area (Å²) in [4.78, 5) is 17.4. The van der Waals surface area contributed by atoms with Crippen LogP contribution in [0.1, 0.15) is 11.3 Å². The van der Waals surface area contributed by atoms with E-state index in [4.69, 9.17) is 4.74 Å². The summed E-state index contributed by atoms with van der Waals surface area (Å²) in [5, 5.41) is 2.90. The minimum absolute atomic E-state index is 0.0716. The number of nitrogens with one attached hydrogen (secondary N) is 1. The van der Waals surface area contributed by atoms with E-state index in [1.54, 1.807) is 13.3 Å². The third-order valence-electron chi connectivity index (χ3n) is 3.56. The molecule has 0 bridgehead atoms. The van der Waals surface area contributed by atoms with Crippen LogP contribution in [0.2, 0.25) is 0 Å². The molecule has 1 N–H and O–H groups in total. The SMILES string of the molecule is COc1cccc(SCC(=O)Nc2cccc(C#Cc3ccccn3)c2)c1. The van der Waals surface area contributed by atoms with E-state index >= 15 is 0 Å². The Morgan fingerprint density at radius 1 is 1.07 bits per heavy atom. The molecule has 3 rings (SSSR count). The maximum Gasteiger partial charge on any atom is 0.234 e. The van der Waals surface area contributed by atoms with Gasteiger partial charge in [0.05, 0.1) is 12.9 Å². The molecule has 3 aromatic rings. The zero-order valence-corrected chi connectivity index (χ0v) is 15.6. The average Bonchev–Trinajstić information content (AvgIpc) is 2.72. The summed E-state index contributed by atoms with van der Waals surface area (Å²) in [5.41, 5.74) is 2.25. The van der Waals surface area contributed by atoms with E-state index in [9.17, 15) is 4.79 Å². The van der Waals surface area contributed by atoms with Crippen molar-refractivity contribution in [2.24, 2.45) is 0 Å². The number of benzene rings is 2. The van der Waals surface area contributed by atoms with Crippen LogP contribution in [-0.2, 0) is 4.79 Å². The Hall–Kier alpha value is -3.23. The Labute approximate surface area is 163 Å². The second-order valence-corrected chi connectivity index (χ2v) is 6.61. The van der Waals surface area contributed by atoms with Gasteiger partial charge in [-0.2, -0.15) is 0 Å². The zero-order valence-electron chi connectivity index (χ0n) is 14.8. The highest BCUT2D eigenvalue weighted by Crippen LogP contribution is 2.23. The molecule has 0 unspecified atom stereocenters. The third kappa shape index (κ3) is 5.91. The third-order valence-corrected chi connectivity index (χ3v) is 4.55. The number of aromatic nitrogens is 1. The van der Waals surface area contributed by atoms with Crippen molar-refractivity contribution in [2.45, 2.75) is 4.90 Å². The van der Waals surface area contributed by atoms with Crippen LogP contribution in [-0.4, -0.2) is 23.8 Å². The Balaban J connectivity index is 1.59. The summed E-state index contributed by atoms with van der Waals surface area (Å²) in [7, 11) is 1.63. The maximum atomic E-state index is 12.2. The fourth-order valence-electron chi connectivity index (χ4n) is 2.28. The summed E-state index contributed by atoms with van der Waals surface area (Å²) < 4.78 is 5.19. The molecule has 4 nitrogen and oxygen atoms in total. The number of methoxy groups -OCH3 is 1. The van der Waals surface area contributed by atoms with Crippen molar-refractivity contribution >= 4 is 23.4 Å². The molecule has 5 heteroatoms. The molecular weight excluding hydrogens is 356 g/mol. The van der Waals surface area contributed by atoms with Crippen molar-refractivity contribution in [1.29, 1.82) is 0 Å². The van der Waals surface area contributed by atoms with Gasteiger partial charge in [0.2, 0.25) is 5.91 Å². The predicted molar refractivity (Wildman–Crippen MR) is 109 cm³/mol. The van der Waals surface area contributed by atoms with Crippen molar-refractivity contribution in [3.8, 4) is 17.6 Å². The van der Waals surface area contributed by atoms with Crippen LogP contribution in [0, 0.1) is 11.8 Å². The average molecular weight is 374 g/mol. The molecule has 1 amide bonds. The van der Waals surface area contributed by atoms with Crippen molar-refractivity contribution in [2.75, 3.05) is 18.2 Å². The van der Waals surface area contributed by atoms with Crippen molar-refractivity contribution in [1.82, 2.24) is 4.98 Å². The van der Waals surface area contributed by atoms with Gasteiger partial charge in [-0.05, 0) is 54.5 Å². The molecule has 0 spiro atoms. The highest BCUT2D eigenvalue weighted by atomic mass is 32.2. The Bertz CT molecular complexity index is 978. The molecule has 0 aliphatic carbocycles. The number of carbonyl (C=O) groups is 1. The molecule has 1 aromatic heterocycles. The minimum Gasteiger partial charge on any atom is -0.497 e. The molecule has 27 heavy (non-hydrogen) atoms. The van der Waals surface area contributed by atoms with E-state index in [0.29, 0.717) is 11.4 Å². The summed E-state index contributed by atoms with van der Waals surface area (Å²) >= 11 is 1.46. The number of anilines is 1. The highest BCUT2D eigenvalue weighted by Gasteiger charge is 2.05. The van der Waals surface area contributed by atoms with Crippen LogP contribution in [0.4, 0.5) is 5.69 Å². The number of pyridine rings is 1. The first-order chi connectivity index (χ1) is 13.2. The van der Waals surface area contributed by atoms with Crippen molar-refractivity contribution < 1.29 is 9.53 Å². The van der Waals surface area contributed by atoms with Gasteiger partial charge in [-0.25, -0.2) is 4.98 Å². The number of rotatable bonds is 5. The Morgan fingerprint density at radius 3 is 2.78 bits per heavy atom. The fraction of sp³-hybridized carbons (Fsp3) is 0.0909. The number of hydrogen-bond acceptors (Lipinski definition) is 4. The summed E-state index contributed by atoms with van der Waals surface area (Å²) in [6, 6.07) is 20.7. The lowest BCUT2D eigenvalue weighted by Crippen LogP contribution is -2.13. The molecular formula is C22H18N2O2S. The van der Waals surface area contributed by atoms with Gasteiger partial charge in [-0.3, -0.25) is 4.79 Å². The largest absolute Gasteiger partial charge is 0.497 e. The highest BCUT2D eigenvalue weighted by molar-refractivity contribution is 8.00. The summed E-state index contributed by atoms with van der Waals surface area (Å²) in [6.07, 6.45) is 1.71. The van der Waals surface area contributed by atoms with Gasteiger partial charge in [0.25, 0.3) is 0 Å². The van der Waals surface area contributed by atoms with E-state index in [1.807, 2.05) is 66.7 Å². The Kier molecular flexibility index (Phi) is 6.50. The Morgan fingerprint density at radius 2 is 1.96 bits per heavy atom. The van der Waals surface area contributed by atoms with Gasteiger partial charge < -0.3 is 10.1 Å². The molecule has 0 fully saturated rings. The normalized spacial score (nSPS) is 9.81. The van der Waals surface area contributed by atoms with E-state index in [1.165, 1.54) is 11.8 Å². The molecule has 0 saturated heterocycles. The topological polar surface area (TPSA) is 51.2 Å². The van der Waals surface area contributed by atoms with E-state index in [-0.39, 0.29) is 5.91 Å². The summed E-state index contributed by atoms with van der Waals surface area (Å²) in [5.74, 6) is 7.09. The van der Waals surface area contributed by atoms with Gasteiger partial charge in [0, 0.05) is 22.3 Å². The lowest BCUT2D eigenvalue weighted by Gasteiger charge is -2.06. The number of nitrogens with zero attached hydrogens (tertiary/aromatic N) is 1. The first-order valence-electron chi connectivity index (χ1n) is 8.33. The number of hydrogen-bond donors (Lipinski definition) is 1. The minimum atomic E-state index is -0.0716. The van der Waals surface area contributed by atoms with Crippen LogP contribution in [0.5, 0.6) is 5.75 Å². The van der Waals surface area contributed by atoms with Gasteiger partial charge in [-0.1, -0.05) is 24.1 Å². The first kappa shape index (κ1) is 18.6. The number of ether oxygens (including phenoxy) is 1. The van der Waals surface area contributed by atoms with Gasteiger partial charge >= 0.3 is 0 Å². The van der Waals surface area contributed by atoms with Gasteiger partial charge in [0.1, 0.15) is 11.4 Å². The molecule has 2 aromatic carbocycles. The lowest BCUT2D eigenvalue weighted by molar-refractivity contribution is -0.113. The van der Waals surface area contributed by atoms with Crippen molar-refractivity contribution in [3.63, 3.8) is 0 Å². The van der Waals surface area contributed by atoms with Crippen LogP contribution in [0.3, 0.4) is 0 Å². The van der Waals surface area contributed by atoms with E-state index < -0.39 is 0 Å². The maximum absolute atomic E-state index is 12.2. The molecule has 0 atom stereocenters. The van der Waals surface area contributed by atoms with Crippen LogP contribution in [0.15, 0.2) is 77.8 Å². The zero-order chi connectivity index (χ0) is 18.9. The number of amides is 1.